The minimum atomic E-state index is -0.212. The van der Waals surface area contributed by atoms with Crippen LogP contribution in [-0.2, 0) is 0 Å². The Kier molecular flexibility index (Phi) is 2.00. The van der Waals surface area contributed by atoms with E-state index < -0.39 is 0 Å². The Morgan fingerprint density at radius 3 is 2.75 bits per heavy atom. The van der Waals surface area contributed by atoms with Crippen molar-refractivity contribution in [1.82, 2.24) is 4.98 Å². The average molecular weight is 210 g/mol. The number of halogens is 1. The Bertz CT molecular complexity index is 640. The molecule has 0 spiro atoms. The Hall–Kier alpha value is -2.09. The van der Waals surface area contributed by atoms with Crippen molar-refractivity contribution in [3.8, 4) is 11.1 Å². The quantitative estimate of drug-likeness (QED) is 0.629. The molecule has 0 amide bonds. The van der Waals surface area contributed by atoms with Crippen LogP contribution in [0.4, 0.5) is 4.39 Å². The third-order valence-electron chi connectivity index (χ3n) is 2.63. The lowest BCUT2D eigenvalue weighted by Gasteiger charge is -2.01. The lowest BCUT2D eigenvalue weighted by molar-refractivity contribution is 0.628. The van der Waals surface area contributed by atoms with Crippen molar-refractivity contribution in [2.75, 3.05) is 0 Å². The molecule has 0 aliphatic heterocycles. The topological polar surface area (TPSA) is 15.8 Å². The minimum Gasteiger partial charge on any atom is -0.361 e. The number of hydrogen-bond acceptors (Lipinski definition) is 0. The second kappa shape index (κ2) is 3.49. The maximum absolute atomic E-state index is 13.1. The van der Waals surface area contributed by atoms with Crippen LogP contribution in [-0.4, -0.2) is 4.98 Å². The average Bonchev–Trinajstić information content (AvgIpc) is 2.75. The van der Waals surface area contributed by atoms with E-state index in [9.17, 15) is 4.39 Å². The molecule has 1 aromatic heterocycles. The summed E-state index contributed by atoms with van der Waals surface area (Å²) in [6.45, 7) is 0. The van der Waals surface area contributed by atoms with Crippen LogP contribution in [0.3, 0.4) is 0 Å². The fraction of sp³-hybridized carbons (Fsp3) is 0. The van der Waals surface area contributed by atoms with E-state index in [1.54, 1.807) is 12.3 Å². The third-order valence-corrected chi connectivity index (χ3v) is 2.63. The summed E-state index contributed by atoms with van der Waals surface area (Å²) in [5.74, 6) is -0.212. The molecule has 0 fully saturated rings. The largest absolute Gasteiger partial charge is 0.361 e. The van der Waals surface area contributed by atoms with Gasteiger partial charge in [0.05, 0.1) is 0 Å². The summed E-state index contributed by atoms with van der Waals surface area (Å²) in [4.78, 5) is 3.08. The smallest absolute Gasteiger partial charge is 0.123 e. The molecule has 0 atom stereocenters. The summed E-state index contributed by atoms with van der Waals surface area (Å²) in [5, 5.41) is 1.02. The number of hydrogen-bond donors (Lipinski definition) is 1. The molecule has 1 heterocycles. The fourth-order valence-corrected chi connectivity index (χ4v) is 1.83. The molecule has 3 rings (SSSR count). The second-order valence-electron chi connectivity index (χ2n) is 3.70. The zero-order valence-electron chi connectivity index (χ0n) is 8.50. The molecule has 0 saturated heterocycles. The molecular weight excluding hydrogens is 201 g/mol. The third kappa shape index (κ3) is 1.48. The van der Waals surface area contributed by atoms with E-state index in [-0.39, 0.29) is 5.82 Å². The van der Waals surface area contributed by atoms with Crippen LogP contribution in [0.25, 0.3) is 22.0 Å². The van der Waals surface area contributed by atoms with Gasteiger partial charge in [0, 0.05) is 23.2 Å². The molecule has 2 aromatic carbocycles. The lowest BCUT2D eigenvalue weighted by atomic mass is 10.0. The lowest BCUT2D eigenvalue weighted by Crippen LogP contribution is -1.79. The monoisotopic (exact) mass is 210 g/mol. The molecular formula is C14H9FN. The summed E-state index contributed by atoms with van der Waals surface area (Å²) in [6, 6.07) is 15.6. The molecule has 0 saturated carbocycles. The van der Waals surface area contributed by atoms with E-state index >= 15 is 0 Å². The second-order valence-corrected chi connectivity index (χ2v) is 3.70. The van der Waals surface area contributed by atoms with Gasteiger partial charge in [-0.25, -0.2) is 4.39 Å². The van der Waals surface area contributed by atoms with Crippen LogP contribution in [0.2, 0.25) is 0 Å². The zero-order chi connectivity index (χ0) is 11.0. The molecule has 1 radical (unpaired) electrons. The number of nitrogens with one attached hydrogen (secondary N) is 1. The van der Waals surface area contributed by atoms with Crippen LogP contribution < -0.4 is 0 Å². The first kappa shape index (κ1) is 9.16. The van der Waals surface area contributed by atoms with Crippen LogP contribution in [0, 0.1) is 11.9 Å². The summed E-state index contributed by atoms with van der Waals surface area (Å²) >= 11 is 0. The first-order chi connectivity index (χ1) is 7.83. The Balaban J connectivity index is 2.18. The highest BCUT2D eigenvalue weighted by molar-refractivity contribution is 5.84. The van der Waals surface area contributed by atoms with Crippen LogP contribution >= 0.6 is 0 Å². The number of aromatic nitrogens is 1. The highest BCUT2D eigenvalue weighted by Gasteiger charge is 2.01. The van der Waals surface area contributed by atoms with Crippen molar-refractivity contribution in [2.45, 2.75) is 0 Å². The van der Waals surface area contributed by atoms with Crippen molar-refractivity contribution in [3.63, 3.8) is 0 Å². The van der Waals surface area contributed by atoms with E-state index in [0.717, 1.165) is 22.0 Å². The van der Waals surface area contributed by atoms with Crippen molar-refractivity contribution in [1.29, 1.82) is 0 Å². The van der Waals surface area contributed by atoms with Gasteiger partial charge in [0.25, 0.3) is 0 Å². The maximum Gasteiger partial charge on any atom is 0.123 e. The number of rotatable bonds is 1. The molecule has 1 N–H and O–H groups in total. The SMILES string of the molecule is Fc1cccc(-c2ccc3[nH]c[c]c3c2)c1. The Labute approximate surface area is 92.5 Å². The van der Waals surface area contributed by atoms with E-state index in [2.05, 4.69) is 11.1 Å². The molecule has 1 nitrogen and oxygen atoms in total. The molecule has 2 heteroatoms. The standard InChI is InChI=1S/C14H9FN/c15-13-3-1-2-10(9-13)11-4-5-14-12(8-11)6-7-16-14/h1-5,7-9,16H. The van der Waals surface area contributed by atoms with E-state index in [1.807, 2.05) is 24.3 Å². The van der Waals surface area contributed by atoms with Gasteiger partial charge in [-0.2, -0.15) is 0 Å². The molecule has 3 aromatic rings. The van der Waals surface area contributed by atoms with Crippen molar-refractivity contribution >= 4 is 10.9 Å². The first-order valence-corrected chi connectivity index (χ1v) is 5.08. The van der Waals surface area contributed by atoms with Gasteiger partial charge in [-0.05, 0) is 35.4 Å². The molecule has 16 heavy (non-hydrogen) atoms. The van der Waals surface area contributed by atoms with E-state index in [1.165, 1.54) is 12.1 Å². The van der Waals surface area contributed by atoms with Crippen molar-refractivity contribution in [2.24, 2.45) is 0 Å². The molecule has 0 unspecified atom stereocenters. The summed E-state index contributed by atoms with van der Waals surface area (Å²) in [5.41, 5.74) is 2.93. The van der Waals surface area contributed by atoms with Gasteiger partial charge in [0.15, 0.2) is 0 Å². The number of H-pyrrole nitrogens is 1. The van der Waals surface area contributed by atoms with Gasteiger partial charge in [0.2, 0.25) is 0 Å². The van der Waals surface area contributed by atoms with Gasteiger partial charge in [0.1, 0.15) is 5.82 Å². The number of benzene rings is 2. The molecule has 0 aliphatic rings. The summed E-state index contributed by atoms with van der Waals surface area (Å²) in [6.07, 6.45) is 1.78. The van der Waals surface area contributed by atoms with Crippen LogP contribution in [0.15, 0.2) is 48.7 Å². The first-order valence-electron chi connectivity index (χ1n) is 5.08. The number of fused-ring (bicyclic) bond motifs is 1. The maximum atomic E-state index is 13.1. The van der Waals surface area contributed by atoms with Gasteiger partial charge >= 0.3 is 0 Å². The Morgan fingerprint density at radius 1 is 1.00 bits per heavy atom. The van der Waals surface area contributed by atoms with Gasteiger partial charge in [-0.3, -0.25) is 0 Å². The minimum absolute atomic E-state index is 0.212. The van der Waals surface area contributed by atoms with Gasteiger partial charge in [-0.15, -0.1) is 0 Å². The van der Waals surface area contributed by atoms with Crippen molar-refractivity contribution < 1.29 is 4.39 Å². The summed E-state index contributed by atoms with van der Waals surface area (Å²) in [7, 11) is 0. The number of aromatic amines is 1. The normalized spacial score (nSPS) is 10.8. The molecule has 0 bridgehead atoms. The van der Waals surface area contributed by atoms with Crippen LogP contribution in [0.1, 0.15) is 0 Å². The molecule has 0 aliphatic carbocycles. The fourth-order valence-electron chi connectivity index (χ4n) is 1.83. The highest BCUT2D eigenvalue weighted by atomic mass is 19.1. The molecule has 77 valence electrons. The predicted octanol–water partition coefficient (Wildman–Crippen LogP) is 3.77. The van der Waals surface area contributed by atoms with E-state index in [0.29, 0.717) is 0 Å². The Morgan fingerprint density at radius 2 is 1.88 bits per heavy atom. The van der Waals surface area contributed by atoms with Crippen molar-refractivity contribution in [3.05, 3.63) is 60.5 Å². The van der Waals surface area contributed by atoms with E-state index in [4.69, 9.17) is 0 Å². The predicted molar refractivity (Wildman–Crippen MR) is 62.5 cm³/mol. The highest BCUT2D eigenvalue weighted by Crippen LogP contribution is 2.23. The zero-order valence-corrected chi connectivity index (χ0v) is 8.50. The van der Waals surface area contributed by atoms with Crippen LogP contribution in [0.5, 0.6) is 0 Å². The van der Waals surface area contributed by atoms with Gasteiger partial charge < -0.3 is 4.98 Å². The van der Waals surface area contributed by atoms with Gasteiger partial charge in [-0.1, -0.05) is 18.2 Å². The summed E-state index contributed by atoms with van der Waals surface area (Å²) < 4.78 is 13.1.